The first kappa shape index (κ1) is 17.5. The monoisotopic (exact) mass is 398 g/mol. The Morgan fingerprint density at radius 1 is 1.13 bits per heavy atom. The molecule has 0 spiro atoms. The van der Waals surface area contributed by atoms with Crippen LogP contribution in [0.1, 0.15) is 15.9 Å². The van der Waals surface area contributed by atoms with Crippen molar-refractivity contribution in [3.8, 4) is 5.75 Å². The number of carbonyl (C=O) groups is 1. The average Bonchev–Trinajstić information content (AvgIpc) is 2.52. The lowest BCUT2D eigenvalue weighted by molar-refractivity contribution is 0.0470. The molecule has 2 rings (SSSR count). The molecule has 5 nitrogen and oxygen atoms in total. The molecule has 0 heterocycles. The van der Waals surface area contributed by atoms with Gasteiger partial charge in [-0.3, -0.25) is 0 Å². The number of ether oxygens (including phenoxy) is 2. The first-order valence-corrected chi connectivity index (χ1v) is 9.29. The van der Waals surface area contributed by atoms with Gasteiger partial charge in [0.15, 0.2) is 9.84 Å². The fraction of sp³-hybridized carbons (Fsp3) is 0.188. The van der Waals surface area contributed by atoms with Crippen molar-refractivity contribution in [3.63, 3.8) is 0 Å². The Morgan fingerprint density at radius 3 is 2.35 bits per heavy atom. The summed E-state index contributed by atoms with van der Waals surface area (Å²) in [7, 11) is -1.75. The summed E-state index contributed by atoms with van der Waals surface area (Å²) in [6.45, 7) is 0.0509. The number of halogens is 1. The first-order chi connectivity index (χ1) is 10.8. The summed E-state index contributed by atoms with van der Waals surface area (Å²) >= 11 is 3.35. The third-order valence-electron chi connectivity index (χ3n) is 3.12. The van der Waals surface area contributed by atoms with E-state index >= 15 is 0 Å². The van der Waals surface area contributed by atoms with Crippen molar-refractivity contribution in [1.82, 2.24) is 0 Å². The van der Waals surface area contributed by atoms with Crippen LogP contribution < -0.4 is 4.74 Å². The lowest BCUT2D eigenvalue weighted by Crippen LogP contribution is -2.07. The number of carbonyl (C=O) groups excluding carboxylic acids is 1. The summed E-state index contributed by atoms with van der Waals surface area (Å²) in [5.74, 6) is 0.0838. The van der Waals surface area contributed by atoms with Crippen LogP contribution >= 0.6 is 15.9 Å². The quantitative estimate of drug-likeness (QED) is 0.723. The van der Waals surface area contributed by atoms with Crippen LogP contribution in [-0.4, -0.2) is 27.8 Å². The molecule has 0 amide bonds. The maximum absolute atomic E-state index is 12.0. The summed E-state index contributed by atoms with van der Waals surface area (Å²) in [5.41, 5.74) is 1.01. The number of hydrogen-bond acceptors (Lipinski definition) is 5. The molecular weight excluding hydrogens is 384 g/mol. The first-order valence-electron chi connectivity index (χ1n) is 6.61. The van der Waals surface area contributed by atoms with Gasteiger partial charge in [0.2, 0.25) is 0 Å². The number of hydrogen-bond donors (Lipinski definition) is 0. The molecule has 0 N–H and O–H groups in total. The van der Waals surface area contributed by atoms with E-state index in [2.05, 4.69) is 15.9 Å². The fourth-order valence-corrected chi connectivity index (χ4v) is 2.96. The zero-order chi connectivity index (χ0) is 17.0. The van der Waals surface area contributed by atoms with Gasteiger partial charge in [-0.15, -0.1) is 0 Å². The maximum atomic E-state index is 12.0. The van der Waals surface area contributed by atoms with E-state index in [9.17, 15) is 13.2 Å². The van der Waals surface area contributed by atoms with Crippen LogP contribution in [-0.2, 0) is 21.2 Å². The molecule has 0 radical (unpaired) electrons. The zero-order valence-corrected chi connectivity index (χ0v) is 15.0. The molecule has 0 saturated carbocycles. The van der Waals surface area contributed by atoms with Gasteiger partial charge >= 0.3 is 5.97 Å². The molecule has 2 aromatic rings. The smallest absolute Gasteiger partial charge is 0.338 e. The van der Waals surface area contributed by atoms with Crippen molar-refractivity contribution >= 4 is 31.7 Å². The van der Waals surface area contributed by atoms with Crippen molar-refractivity contribution in [2.75, 3.05) is 13.4 Å². The topological polar surface area (TPSA) is 69.7 Å². The highest BCUT2D eigenvalue weighted by atomic mass is 79.9. The highest BCUT2D eigenvalue weighted by Gasteiger charge is 2.12. The highest BCUT2D eigenvalue weighted by molar-refractivity contribution is 9.10. The van der Waals surface area contributed by atoms with Crippen LogP contribution in [0.3, 0.4) is 0 Å². The summed E-state index contributed by atoms with van der Waals surface area (Å²) in [6, 6.07) is 11.0. The number of rotatable bonds is 5. The summed E-state index contributed by atoms with van der Waals surface area (Å²) in [5, 5.41) is 0. The SMILES string of the molecule is COc1ccc(Br)cc1COC(=O)c1ccc(S(C)(=O)=O)cc1. The van der Waals surface area contributed by atoms with E-state index in [1.807, 2.05) is 6.07 Å². The molecule has 2 aromatic carbocycles. The van der Waals surface area contributed by atoms with Gasteiger partial charge < -0.3 is 9.47 Å². The van der Waals surface area contributed by atoms with Gasteiger partial charge in [-0.2, -0.15) is 0 Å². The Balaban J connectivity index is 2.10. The van der Waals surface area contributed by atoms with E-state index in [0.717, 1.165) is 16.3 Å². The van der Waals surface area contributed by atoms with E-state index in [0.29, 0.717) is 5.75 Å². The minimum atomic E-state index is -3.29. The summed E-state index contributed by atoms with van der Waals surface area (Å²) in [6.07, 6.45) is 1.11. The molecule has 122 valence electrons. The van der Waals surface area contributed by atoms with Gasteiger partial charge in [-0.1, -0.05) is 15.9 Å². The Bertz CT molecular complexity index is 813. The van der Waals surface area contributed by atoms with Gasteiger partial charge in [0.1, 0.15) is 12.4 Å². The van der Waals surface area contributed by atoms with Crippen molar-refractivity contribution in [1.29, 1.82) is 0 Å². The Labute approximate surface area is 143 Å². The van der Waals surface area contributed by atoms with Crippen LogP contribution in [0.5, 0.6) is 5.75 Å². The van der Waals surface area contributed by atoms with Gasteiger partial charge in [0, 0.05) is 16.3 Å². The molecule has 23 heavy (non-hydrogen) atoms. The van der Waals surface area contributed by atoms with Crippen LogP contribution in [0.15, 0.2) is 51.8 Å². The highest BCUT2D eigenvalue weighted by Crippen LogP contribution is 2.24. The zero-order valence-electron chi connectivity index (χ0n) is 12.6. The van der Waals surface area contributed by atoms with E-state index in [-0.39, 0.29) is 17.1 Å². The second kappa shape index (κ2) is 7.14. The molecule has 0 aromatic heterocycles. The largest absolute Gasteiger partial charge is 0.496 e. The molecule has 0 aliphatic carbocycles. The maximum Gasteiger partial charge on any atom is 0.338 e. The van der Waals surface area contributed by atoms with Gasteiger partial charge in [-0.25, -0.2) is 13.2 Å². The van der Waals surface area contributed by atoms with Crippen molar-refractivity contribution in [3.05, 3.63) is 58.1 Å². The van der Waals surface area contributed by atoms with Crippen LogP contribution in [0, 0.1) is 0 Å². The van der Waals surface area contributed by atoms with E-state index < -0.39 is 15.8 Å². The molecule has 0 saturated heterocycles. The van der Waals surface area contributed by atoms with Crippen molar-refractivity contribution in [2.24, 2.45) is 0 Å². The number of benzene rings is 2. The van der Waals surface area contributed by atoms with Gasteiger partial charge in [0.25, 0.3) is 0 Å². The average molecular weight is 399 g/mol. The van der Waals surface area contributed by atoms with Crippen LogP contribution in [0.2, 0.25) is 0 Å². The summed E-state index contributed by atoms with van der Waals surface area (Å²) < 4.78 is 34.1. The number of methoxy groups -OCH3 is 1. The minimum Gasteiger partial charge on any atom is -0.496 e. The lowest BCUT2D eigenvalue weighted by Gasteiger charge is -2.10. The number of esters is 1. The molecule has 0 unspecified atom stereocenters. The van der Waals surface area contributed by atoms with E-state index in [1.165, 1.54) is 24.3 Å². The van der Waals surface area contributed by atoms with Crippen LogP contribution in [0.4, 0.5) is 0 Å². The molecule has 0 atom stereocenters. The normalized spacial score (nSPS) is 11.1. The molecule has 7 heteroatoms. The van der Waals surface area contributed by atoms with Crippen molar-refractivity contribution in [2.45, 2.75) is 11.5 Å². The van der Waals surface area contributed by atoms with E-state index in [1.54, 1.807) is 19.2 Å². The third-order valence-corrected chi connectivity index (χ3v) is 4.74. The summed E-state index contributed by atoms with van der Waals surface area (Å²) in [4.78, 5) is 12.2. The third kappa shape index (κ3) is 4.56. The molecule has 0 bridgehead atoms. The molecule has 0 aliphatic rings. The molecular formula is C16H15BrO5S. The predicted molar refractivity (Wildman–Crippen MR) is 89.4 cm³/mol. The second-order valence-electron chi connectivity index (χ2n) is 4.83. The number of sulfone groups is 1. The van der Waals surface area contributed by atoms with Crippen LogP contribution in [0.25, 0.3) is 0 Å². The predicted octanol–water partition coefficient (Wildman–Crippen LogP) is 3.22. The van der Waals surface area contributed by atoms with E-state index in [4.69, 9.17) is 9.47 Å². The minimum absolute atomic E-state index is 0.0509. The molecule has 0 fully saturated rings. The van der Waals surface area contributed by atoms with Crippen molar-refractivity contribution < 1.29 is 22.7 Å². The lowest BCUT2D eigenvalue weighted by atomic mass is 10.2. The van der Waals surface area contributed by atoms with Gasteiger partial charge in [-0.05, 0) is 42.5 Å². The molecule has 0 aliphatic heterocycles. The van der Waals surface area contributed by atoms with Gasteiger partial charge in [0.05, 0.1) is 17.6 Å². The Hall–Kier alpha value is -1.86. The fourth-order valence-electron chi connectivity index (χ4n) is 1.92. The standard InChI is InChI=1S/C16H15BrO5S/c1-21-15-8-5-13(17)9-12(15)10-22-16(18)11-3-6-14(7-4-11)23(2,19)20/h3-9H,10H2,1-2H3. The Kier molecular flexibility index (Phi) is 5.43. The Morgan fingerprint density at radius 2 is 1.78 bits per heavy atom. The second-order valence-corrected chi connectivity index (χ2v) is 7.76.